The molecule has 128 valence electrons. The lowest BCUT2D eigenvalue weighted by molar-refractivity contribution is 0.561. The quantitative estimate of drug-likeness (QED) is 0.560. The molecule has 0 amide bonds. The van der Waals surface area contributed by atoms with E-state index in [0.717, 1.165) is 47.0 Å². The highest BCUT2D eigenvalue weighted by atomic mass is 15.3. The normalized spacial score (nSPS) is 13.8. The van der Waals surface area contributed by atoms with Gasteiger partial charge >= 0.3 is 0 Å². The van der Waals surface area contributed by atoms with Gasteiger partial charge in [-0.3, -0.25) is 0 Å². The van der Waals surface area contributed by atoms with Gasteiger partial charge in [0.25, 0.3) is 0 Å². The summed E-state index contributed by atoms with van der Waals surface area (Å²) < 4.78 is 2.21. The molecule has 1 aliphatic heterocycles. The minimum Gasteiger partial charge on any atom is -0.347 e. The molecule has 2 aromatic carbocycles. The molecule has 5 rings (SSSR count). The standard InChI is InChI=1S/C20H18N6/c1-14-7-8-17-16(11-14)20(22-13-21-17)25-9-10-26-18(12-25)23-24-19(26)15-5-3-2-4-6-15/h2-8,11,13H,9-10,12H2,1H3. The summed E-state index contributed by atoms with van der Waals surface area (Å²) in [5, 5.41) is 9.95. The van der Waals surface area contributed by atoms with Gasteiger partial charge in [0.15, 0.2) is 11.6 Å². The van der Waals surface area contributed by atoms with Crippen molar-refractivity contribution in [2.45, 2.75) is 20.0 Å². The Hall–Kier alpha value is -3.28. The van der Waals surface area contributed by atoms with Gasteiger partial charge in [-0.05, 0) is 19.1 Å². The van der Waals surface area contributed by atoms with Crippen LogP contribution in [0, 0.1) is 6.92 Å². The lowest BCUT2D eigenvalue weighted by Crippen LogP contribution is -2.34. The zero-order chi connectivity index (χ0) is 17.5. The Labute approximate surface area is 151 Å². The maximum Gasteiger partial charge on any atom is 0.164 e. The average molecular weight is 342 g/mol. The van der Waals surface area contributed by atoms with Gasteiger partial charge in [-0.15, -0.1) is 10.2 Å². The summed E-state index contributed by atoms with van der Waals surface area (Å²) in [4.78, 5) is 11.2. The van der Waals surface area contributed by atoms with Crippen LogP contribution in [0.15, 0.2) is 54.9 Å². The fraction of sp³-hybridized carbons (Fsp3) is 0.200. The molecule has 26 heavy (non-hydrogen) atoms. The molecule has 0 N–H and O–H groups in total. The van der Waals surface area contributed by atoms with Crippen LogP contribution < -0.4 is 4.90 Å². The first kappa shape index (κ1) is 15.0. The summed E-state index contributed by atoms with van der Waals surface area (Å²) in [6.07, 6.45) is 1.64. The molecule has 6 nitrogen and oxygen atoms in total. The van der Waals surface area contributed by atoms with Crippen LogP contribution in [-0.4, -0.2) is 31.3 Å². The van der Waals surface area contributed by atoms with Gasteiger partial charge in [0.2, 0.25) is 0 Å². The van der Waals surface area contributed by atoms with Crippen LogP contribution in [0.3, 0.4) is 0 Å². The number of rotatable bonds is 2. The molecule has 0 atom stereocenters. The van der Waals surface area contributed by atoms with E-state index in [-0.39, 0.29) is 0 Å². The number of hydrogen-bond acceptors (Lipinski definition) is 5. The largest absolute Gasteiger partial charge is 0.347 e. The highest BCUT2D eigenvalue weighted by molar-refractivity contribution is 5.89. The highest BCUT2D eigenvalue weighted by Gasteiger charge is 2.23. The Bertz CT molecular complexity index is 1090. The van der Waals surface area contributed by atoms with Crippen LogP contribution in [0.1, 0.15) is 11.4 Å². The van der Waals surface area contributed by atoms with Gasteiger partial charge in [0.05, 0.1) is 12.1 Å². The molecule has 0 fully saturated rings. The molecule has 0 unspecified atom stereocenters. The topological polar surface area (TPSA) is 59.7 Å². The second kappa shape index (κ2) is 5.91. The van der Waals surface area contributed by atoms with Crippen molar-refractivity contribution in [1.29, 1.82) is 0 Å². The van der Waals surface area contributed by atoms with E-state index in [0.29, 0.717) is 6.54 Å². The molecule has 0 radical (unpaired) electrons. The van der Waals surface area contributed by atoms with Crippen molar-refractivity contribution in [2.24, 2.45) is 0 Å². The first-order chi connectivity index (χ1) is 12.8. The van der Waals surface area contributed by atoms with Crippen LogP contribution in [0.25, 0.3) is 22.3 Å². The van der Waals surface area contributed by atoms with E-state index in [2.05, 4.69) is 66.9 Å². The van der Waals surface area contributed by atoms with Crippen molar-refractivity contribution >= 4 is 16.7 Å². The van der Waals surface area contributed by atoms with Gasteiger partial charge in [-0.25, -0.2) is 9.97 Å². The Morgan fingerprint density at radius 3 is 2.69 bits per heavy atom. The fourth-order valence-electron chi connectivity index (χ4n) is 3.55. The van der Waals surface area contributed by atoms with Crippen LogP contribution in [-0.2, 0) is 13.1 Å². The second-order valence-corrected chi connectivity index (χ2v) is 6.60. The molecule has 1 aliphatic rings. The monoisotopic (exact) mass is 342 g/mol. The molecule has 0 aliphatic carbocycles. The van der Waals surface area contributed by atoms with Crippen LogP contribution >= 0.6 is 0 Å². The summed E-state index contributed by atoms with van der Waals surface area (Å²) in [5.74, 6) is 2.87. The molecule has 6 heteroatoms. The van der Waals surface area contributed by atoms with E-state index in [4.69, 9.17) is 0 Å². The van der Waals surface area contributed by atoms with E-state index < -0.39 is 0 Å². The van der Waals surface area contributed by atoms with Gasteiger partial charge in [0, 0.05) is 24.0 Å². The predicted molar refractivity (Wildman–Crippen MR) is 101 cm³/mol. The number of aromatic nitrogens is 5. The Balaban J connectivity index is 1.53. The molecule has 0 spiro atoms. The molecule has 0 saturated carbocycles. The minimum absolute atomic E-state index is 0.694. The lowest BCUT2D eigenvalue weighted by Gasteiger charge is -2.29. The summed E-state index contributed by atoms with van der Waals surface area (Å²) in [6.45, 7) is 4.49. The molecule has 2 aromatic heterocycles. The van der Waals surface area contributed by atoms with E-state index in [9.17, 15) is 0 Å². The van der Waals surface area contributed by atoms with Crippen LogP contribution in [0.5, 0.6) is 0 Å². The van der Waals surface area contributed by atoms with Gasteiger partial charge < -0.3 is 9.47 Å². The smallest absolute Gasteiger partial charge is 0.164 e. The maximum atomic E-state index is 4.57. The number of hydrogen-bond donors (Lipinski definition) is 0. The zero-order valence-electron chi connectivity index (χ0n) is 14.5. The van der Waals surface area contributed by atoms with E-state index in [1.54, 1.807) is 6.33 Å². The molecule has 3 heterocycles. The maximum absolute atomic E-state index is 4.57. The van der Waals surface area contributed by atoms with Crippen molar-refractivity contribution in [2.75, 3.05) is 11.4 Å². The van der Waals surface area contributed by atoms with Gasteiger partial charge in [-0.1, -0.05) is 42.0 Å². The van der Waals surface area contributed by atoms with E-state index >= 15 is 0 Å². The molecular formula is C20H18N6. The first-order valence-electron chi connectivity index (χ1n) is 8.73. The Morgan fingerprint density at radius 2 is 1.81 bits per heavy atom. The van der Waals surface area contributed by atoms with Crippen molar-refractivity contribution in [3.8, 4) is 11.4 Å². The summed E-state index contributed by atoms with van der Waals surface area (Å²) in [5.41, 5.74) is 3.28. The fourth-order valence-corrected chi connectivity index (χ4v) is 3.55. The van der Waals surface area contributed by atoms with E-state index in [1.165, 1.54) is 5.56 Å². The number of fused-ring (bicyclic) bond motifs is 2. The van der Waals surface area contributed by atoms with Gasteiger partial charge in [0.1, 0.15) is 12.1 Å². The van der Waals surface area contributed by atoms with Crippen molar-refractivity contribution in [3.05, 3.63) is 66.2 Å². The Kier molecular flexibility index (Phi) is 3.41. The molecule has 4 aromatic rings. The third-order valence-electron chi connectivity index (χ3n) is 4.85. The SMILES string of the molecule is Cc1ccc2ncnc(N3CCn4c(nnc4-c4ccccc4)C3)c2c1. The number of anilines is 1. The minimum atomic E-state index is 0.694. The third-order valence-corrected chi connectivity index (χ3v) is 4.85. The average Bonchev–Trinajstić information content (AvgIpc) is 3.11. The van der Waals surface area contributed by atoms with Gasteiger partial charge in [-0.2, -0.15) is 0 Å². The summed E-state index contributed by atoms with van der Waals surface area (Å²) in [7, 11) is 0. The van der Waals surface area contributed by atoms with E-state index in [1.807, 2.05) is 18.2 Å². The predicted octanol–water partition coefficient (Wildman–Crippen LogP) is 3.22. The third kappa shape index (κ3) is 2.42. The van der Waals surface area contributed by atoms with Crippen molar-refractivity contribution in [1.82, 2.24) is 24.7 Å². The number of aryl methyl sites for hydroxylation is 1. The molecule has 0 bridgehead atoms. The van der Waals surface area contributed by atoms with Crippen molar-refractivity contribution < 1.29 is 0 Å². The van der Waals surface area contributed by atoms with Crippen LogP contribution in [0.4, 0.5) is 5.82 Å². The molecular weight excluding hydrogens is 324 g/mol. The lowest BCUT2D eigenvalue weighted by atomic mass is 10.1. The molecule has 0 saturated heterocycles. The van der Waals surface area contributed by atoms with Crippen LogP contribution in [0.2, 0.25) is 0 Å². The first-order valence-corrected chi connectivity index (χ1v) is 8.73. The zero-order valence-corrected chi connectivity index (χ0v) is 14.5. The van der Waals surface area contributed by atoms with Crippen molar-refractivity contribution in [3.63, 3.8) is 0 Å². The number of nitrogens with zero attached hydrogens (tertiary/aromatic N) is 6. The summed E-state index contributed by atoms with van der Waals surface area (Å²) in [6, 6.07) is 16.5. The summed E-state index contributed by atoms with van der Waals surface area (Å²) >= 11 is 0. The Morgan fingerprint density at radius 1 is 0.923 bits per heavy atom. The highest BCUT2D eigenvalue weighted by Crippen LogP contribution is 2.28. The number of benzene rings is 2. The second-order valence-electron chi connectivity index (χ2n) is 6.60.